The van der Waals surface area contributed by atoms with Gasteiger partial charge in [0.15, 0.2) is 6.10 Å². The summed E-state index contributed by atoms with van der Waals surface area (Å²) in [7, 11) is 1.44. The largest absolute Gasteiger partial charge is 0.356 e. The third kappa shape index (κ3) is 2.25. The standard InChI is InChI=1S/C18H19N5O4/c1-21-16(24)11-13(20-27-14(11)18(21)26)12-15(22-7-4-5-8-22)19-10-6-2-3-9-23(10)17(12)25/h2-3,6,9,11,13-14,20H,4-5,7-8H2,1H3/t11-,13-,14+/m1/s1. The van der Waals surface area contributed by atoms with E-state index >= 15 is 0 Å². The first kappa shape index (κ1) is 16.4. The van der Waals surface area contributed by atoms with E-state index in [4.69, 9.17) is 9.82 Å². The summed E-state index contributed by atoms with van der Waals surface area (Å²) in [5.74, 6) is -0.929. The molecule has 0 spiro atoms. The molecule has 0 unspecified atom stereocenters. The van der Waals surface area contributed by atoms with Crippen molar-refractivity contribution < 1.29 is 14.4 Å². The van der Waals surface area contributed by atoms with E-state index in [0.717, 1.165) is 30.8 Å². The van der Waals surface area contributed by atoms with Gasteiger partial charge in [0.25, 0.3) is 11.5 Å². The molecule has 9 heteroatoms. The van der Waals surface area contributed by atoms with E-state index < -0.39 is 24.0 Å². The van der Waals surface area contributed by atoms with Crippen LogP contribution in [0.15, 0.2) is 29.2 Å². The molecular formula is C18H19N5O4. The van der Waals surface area contributed by atoms with Crippen LogP contribution in [0.4, 0.5) is 5.82 Å². The number of carbonyl (C=O) groups is 2. The van der Waals surface area contributed by atoms with Crippen LogP contribution in [-0.2, 0) is 14.4 Å². The van der Waals surface area contributed by atoms with Crippen LogP contribution in [0.3, 0.4) is 0 Å². The Labute approximate surface area is 154 Å². The smallest absolute Gasteiger partial charge is 0.264 e. The van der Waals surface area contributed by atoms with Crippen molar-refractivity contribution in [3.8, 4) is 0 Å². The molecule has 3 aliphatic rings. The van der Waals surface area contributed by atoms with Gasteiger partial charge in [0.1, 0.15) is 11.5 Å². The fraction of sp³-hybridized carbons (Fsp3) is 0.444. The predicted molar refractivity (Wildman–Crippen MR) is 94.9 cm³/mol. The zero-order chi connectivity index (χ0) is 18.7. The Morgan fingerprint density at radius 1 is 1.15 bits per heavy atom. The fourth-order valence-electron chi connectivity index (χ4n) is 4.24. The Kier molecular flexibility index (Phi) is 3.56. The predicted octanol–water partition coefficient (Wildman–Crippen LogP) is -0.146. The molecule has 27 heavy (non-hydrogen) atoms. The number of imide groups is 1. The van der Waals surface area contributed by atoms with Crippen molar-refractivity contribution in [2.75, 3.05) is 25.0 Å². The number of amides is 2. The second-order valence-corrected chi connectivity index (χ2v) is 7.17. The van der Waals surface area contributed by atoms with Crippen LogP contribution in [0.5, 0.6) is 0 Å². The number of pyridine rings is 1. The van der Waals surface area contributed by atoms with Crippen molar-refractivity contribution in [2.45, 2.75) is 25.0 Å². The third-order valence-corrected chi connectivity index (χ3v) is 5.66. The highest BCUT2D eigenvalue weighted by Gasteiger charge is 2.56. The molecule has 2 aromatic rings. The van der Waals surface area contributed by atoms with Crippen LogP contribution in [0, 0.1) is 5.92 Å². The van der Waals surface area contributed by atoms with E-state index in [1.54, 1.807) is 18.3 Å². The molecular weight excluding hydrogens is 350 g/mol. The first-order valence-electron chi connectivity index (χ1n) is 9.07. The summed E-state index contributed by atoms with van der Waals surface area (Å²) in [6.07, 6.45) is 2.80. The number of likely N-dealkylation sites (N-methyl/N-ethyl adjacent to an activating group) is 1. The first-order chi connectivity index (χ1) is 13.1. The van der Waals surface area contributed by atoms with Crippen molar-refractivity contribution in [1.82, 2.24) is 19.8 Å². The Morgan fingerprint density at radius 3 is 2.70 bits per heavy atom. The van der Waals surface area contributed by atoms with Crippen LogP contribution in [0.25, 0.3) is 5.65 Å². The minimum atomic E-state index is -0.908. The number of rotatable bonds is 2. The van der Waals surface area contributed by atoms with Gasteiger partial charge in [-0.2, -0.15) is 5.48 Å². The van der Waals surface area contributed by atoms with Crippen LogP contribution >= 0.6 is 0 Å². The summed E-state index contributed by atoms with van der Waals surface area (Å²) in [5, 5.41) is 0. The molecule has 0 aromatic carbocycles. The summed E-state index contributed by atoms with van der Waals surface area (Å²) in [6.45, 7) is 1.60. The average Bonchev–Trinajstić information content (AvgIpc) is 3.39. The van der Waals surface area contributed by atoms with Gasteiger partial charge in [-0.25, -0.2) is 4.98 Å². The summed E-state index contributed by atoms with van der Waals surface area (Å²) in [5.41, 5.74) is 3.46. The highest BCUT2D eigenvalue weighted by atomic mass is 16.7. The summed E-state index contributed by atoms with van der Waals surface area (Å²) >= 11 is 0. The van der Waals surface area contributed by atoms with Crippen molar-refractivity contribution in [3.63, 3.8) is 0 Å². The van der Waals surface area contributed by atoms with Gasteiger partial charge in [-0.3, -0.25) is 28.5 Å². The van der Waals surface area contributed by atoms with Gasteiger partial charge < -0.3 is 4.90 Å². The minimum Gasteiger partial charge on any atom is -0.356 e. The highest BCUT2D eigenvalue weighted by molar-refractivity contribution is 6.07. The Bertz CT molecular complexity index is 1010. The molecule has 0 radical (unpaired) electrons. The molecule has 0 bridgehead atoms. The maximum absolute atomic E-state index is 13.3. The monoisotopic (exact) mass is 369 g/mol. The molecule has 3 atom stereocenters. The minimum absolute atomic E-state index is 0.251. The van der Waals surface area contributed by atoms with Gasteiger partial charge in [-0.05, 0) is 25.0 Å². The zero-order valence-corrected chi connectivity index (χ0v) is 14.8. The second-order valence-electron chi connectivity index (χ2n) is 7.17. The number of hydroxylamine groups is 1. The highest BCUT2D eigenvalue weighted by Crippen LogP contribution is 2.39. The average molecular weight is 369 g/mol. The Morgan fingerprint density at radius 2 is 1.93 bits per heavy atom. The number of hydrogen-bond donors (Lipinski definition) is 1. The van der Waals surface area contributed by atoms with E-state index in [2.05, 4.69) is 10.4 Å². The molecule has 140 valence electrons. The number of anilines is 1. The van der Waals surface area contributed by atoms with E-state index in [9.17, 15) is 14.4 Å². The van der Waals surface area contributed by atoms with Crippen molar-refractivity contribution in [1.29, 1.82) is 0 Å². The lowest BCUT2D eigenvalue weighted by atomic mass is 9.92. The fourth-order valence-corrected chi connectivity index (χ4v) is 4.24. The number of nitrogens with one attached hydrogen (secondary N) is 1. The van der Waals surface area contributed by atoms with Crippen LogP contribution in [0.2, 0.25) is 0 Å². The lowest BCUT2D eigenvalue weighted by Crippen LogP contribution is -2.37. The van der Waals surface area contributed by atoms with Gasteiger partial charge in [-0.1, -0.05) is 6.07 Å². The number of likely N-dealkylation sites (tertiary alicyclic amines) is 1. The van der Waals surface area contributed by atoms with E-state index in [0.29, 0.717) is 17.0 Å². The van der Waals surface area contributed by atoms with Gasteiger partial charge in [0.05, 0.1) is 17.5 Å². The maximum Gasteiger partial charge on any atom is 0.264 e. The molecule has 2 aromatic heterocycles. The van der Waals surface area contributed by atoms with E-state index in [-0.39, 0.29) is 11.5 Å². The van der Waals surface area contributed by atoms with Gasteiger partial charge in [0, 0.05) is 26.3 Å². The first-order valence-corrected chi connectivity index (χ1v) is 9.07. The molecule has 3 fully saturated rings. The molecule has 3 aliphatic heterocycles. The number of hydrogen-bond acceptors (Lipinski definition) is 7. The van der Waals surface area contributed by atoms with Gasteiger partial charge in [0.2, 0.25) is 5.91 Å². The Balaban J connectivity index is 1.71. The quantitative estimate of drug-likeness (QED) is 0.736. The molecule has 2 amide bonds. The summed E-state index contributed by atoms with van der Waals surface area (Å²) < 4.78 is 1.47. The molecule has 5 rings (SSSR count). The van der Waals surface area contributed by atoms with Gasteiger partial charge in [-0.15, -0.1) is 0 Å². The molecule has 9 nitrogen and oxygen atoms in total. The van der Waals surface area contributed by atoms with Crippen molar-refractivity contribution in [3.05, 3.63) is 40.3 Å². The van der Waals surface area contributed by atoms with Gasteiger partial charge >= 0.3 is 0 Å². The molecule has 0 saturated carbocycles. The van der Waals surface area contributed by atoms with Crippen LogP contribution in [-0.4, -0.2) is 52.3 Å². The number of aromatic nitrogens is 2. The second kappa shape index (κ2) is 5.86. The number of fused-ring (bicyclic) bond motifs is 2. The van der Waals surface area contributed by atoms with E-state index in [1.165, 1.54) is 11.4 Å². The maximum atomic E-state index is 13.3. The van der Waals surface area contributed by atoms with Crippen molar-refractivity contribution >= 4 is 23.3 Å². The lowest BCUT2D eigenvalue weighted by Gasteiger charge is -2.24. The number of carbonyl (C=O) groups excluding carboxylic acids is 2. The summed E-state index contributed by atoms with van der Waals surface area (Å²) in [6, 6.07) is 4.65. The Hall–Kier alpha value is -2.78. The molecule has 1 N–H and O–H groups in total. The molecule has 3 saturated heterocycles. The molecule has 0 aliphatic carbocycles. The van der Waals surface area contributed by atoms with Crippen molar-refractivity contribution in [2.24, 2.45) is 5.92 Å². The zero-order valence-electron chi connectivity index (χ0n) is 14.8. The van der Waals surface area contributed by atoms with Crippen LogP contribution < -0.4 is 15.9 Å². The topological polar surface area (TPSA) is 96.2 Å². The van der Waals surface area contributed by atoms with Crippen LogP contribution in [0.1, 0.15) is 24.4 Å². The molecule has 5 heterocycles. The summed E-state index contributed by atoms with van der Waals surface area (Å²) in [4.78, 5) is 51.5. The lowest BCUT2D eigenvalue weighted by molar-refractivity contribution is -0.143. The van der Waals surface area contributed by atoms with E-state index in [1.807, 2.05) is 6.07 Å². The SMILES string of the molecule is CN1C(=O)[C@H]2[C@H](ON[C@H]2c2c(N3CCCC3)nc3ccccn3c2=O)C1=O. The number of nitrogens with zero attached hydrogens (tertiary/aromatic N) is 4. The third-order valence-electron chi connectivity index (χ3n) is 5.66. The normalized spacial score (nSPS) is 27.8.